The molecule has 3 nitrogen and oxygen atoms in total. The number of hydrogen-bond acceptors (Lipinski definition) is 3. The van der Waals surface area contributed by atoms with Crippen LogP contribution in [-0.2, 0) is 4.74 Å². The fourth-order valence-electron chi connectivity index (χ4n) is 1.99. The highest BCUT2D eigenvalue weighted by Crippen LogP contribution is 2.24. The molecule has 2 rings (SSSR count). The predicted molar refractivity (Wildman–Crippen MR) is 66.2 cm³/mol. The minimum absolute atomic E-state index is 0.125. The van der Waals surface area contributed by atoms with Gasteiger partial charge in [0.05, 0.1) is 26.1 Å². The smallest absolute Gasteiger partial charge is 0.497 e. The number of methoxy groups -OCH3 is 1. The normalized spacial score (nSPS) is 17.3. The van der Waals surface area contributed by atoms with E-state index in [0.29, 0.717) is 26.1 Å². The molecule has 1 aromatic carbocycles. The molecule has 106 valence electrons. The lowest BCUT2D eigenvalue weighted by atomic mass is 9.79. The van der Waals surface area contributed by atoms with Gasteiger partial charge in [0.25, 0.3) is 0 Å². The molecule has 0 atom stereocenters. The summed E-state index contributed by atoms with van der Waals surface area (Å²) in [6.45, 7) is -4.09. The summed E-state index contributed by atoms with van der Waals surface area (Å²) in [6, 6.07) is 3.77. The van der Waals surface area contributed by atoms with Crippen LogP contribution in [0, 0.1) is 0 Å². The fourth-order valence-corrected chi connectivity index (χ4v) is 1.99. The van der Waals surface area contributed by atoms with Crippen molar-refractivity contribution in [3.05, 3.63) is 18.2 Å². The Balaban J connectivity index is 2.23. The van der Waals surface area contributed by atoms with Gasteiger partial charge >= 0.3 is 6.98 Å². The average Bonchev–Trinajstić information content (AvgIpc) is 2.39. The molecule has 0 radical (unpaired) electrons. The maximum atomic E-state index is 13.0. The first-order valence-electron chi connectivity index (χ1n) is 6.13. The van der Waals surface area contributed by atoms with E-state index in [1.807, 2.05) is 0 Å². The van der Waals surface area contributed by atoms with Crippen LogP contribution in [0.25, 0.3) is 0 Å². The van der Waals surface area contributed by atoms with Crippen molar-refractivity contribution < 1.29 is 27.2 Å². The summed E-state index contributed by atoms with van der Waals surface area (Å²) in [6.07, 6.45) is 0.992. The Morgan fingerprint density at radius 1 is 1.21 bits per heavy atom. The summed E-state index contributed by atoms with van der Waals surface area (Å²) in [5, 5.41) is 0. The quantitative estimate of drug-likeness (QED) is 0.789. The van der Waals surface area contributed by atoms with E-state index in [0.717, 1.165) is 6.07 Å². The zero-order valence-corrected chi connectivity index (χ0v) is 10.6. The van der Waals surface area contributed by atoms with Gasteiger partial charge in [0.2, 0.25) is 0 Å². The van der Waals surface area contributed by atoms with Gasteiger partial charge in [-0.1, -0.05) is 5.46 Å². The van der Waals surface area contributed by atoms with Crippen molar-refractivity contribution in [2.75, 3.05) is 20.3 Å². The molecule has 1 aliphatic rings. The van der Waals surface area contributed by atoms with E-state index in [1.165, 1.54) is 19.2 Å². The molecule has 1 saturated heterocycles. The Morgan fingerprint density at radius 2 is 1.89 bits per heavy atom. The first-order valence-corrected chi connectivity index (χ1v) is 6.13. The Bertz CT molecular complexity index is 431. The Morgan fingerprint density at radius 3 is 2.47 bits per heavy atom. The van der Waals surface area contributed by atoms with Crippen LogP contribution in [0.3, 0.4) is 0 Å². The molecule has 0 unspecified atom stereocenters. The minimum atomic E-state index is -5.13. The summed E-state index contributed by atoms with van der Waals surface area (Å²) >= 11 is 0. The summed E-state index contributed by atoms with van der Waals surface area (Å²) in [5.41, 5.74) is -0.745. The van der Waals surface area contributed by atoms with Crippen LogP contribution in [0.5, 0.6) is 11.5 Å². The van der Waals surface area contributed by atoms with Gasteiger partial charge in [0.1, 0.15) is 11.9 Å². The molecule has 0 spiro atoms. The lowest BCUT2D eigenvalue weighted by Gasteiger charge is -2.27. The van der Waals surface area contributed by atoms with Crippen LogP contribution < -0.4 is 14.9 Å². The van der Waals surface area contributed by atoms with Gasteiger partial charge < -0.3 is 27.2 Å². The zero-order valence-electron chi connectivity index (χ0n) is 10.6. The van der Waals surface area contributed by atoms with Crippen LogP contribution in [0.1, 0.15) is 12.8 Å². The number of halogens is 3. The Kier molecular flexibility index (Phi) is 4.24. The second-order valence-corrected chi connectivity index (χ2v) is 4.41. The van der Waals surface area contributed by atoms with Gasteiger partial charge in [0.15, 0.2) is 0 Å². The topological polar surface area (TPSA) is 27.7 Å². The number of rotatable bonds is 4. The first-order chi connectivity index (χ1) is 9.00. The highest BCUT2D eigenvalue weighted by atomic mass is 19.4. The van der Waals surface area contributed by atoms with Gasteiger partial charge in [0, 0.05) is 12.8 Å². The summed E-state index contributed by atoms with van der Waals surface area (Å²) in [7, 11) is 1.33. The third-order valence-corrected chi connectivity index (χ3v) is 3.03. The lowest BCUT2D eigenvalue weighted by molar-refractivity contribution is 0.0259. The van der Waals surface area contributed by atoms with Crippen molar-refractivity contribution in [1.29, 1.82) is 0 Å². The number of benzene rings is 1. The average molecular weight is 275 g/mol. The first kappa shape index (κ1) is 14.1. The second-order valence-electron chi connectivity index (χ2n) is 4.41. The highest BCUT2D eigenvalue weighted by Gasteiger charge is 2.31. The van der Waals surface area contributed by atoms with Crippen LogP contribution in [0.2, 0.25) is 0 Å². The monoisotopic (exact) mass is 275 g/mol. The van der Waals surface area contributed by atoms with Gasteiger partial charge in [-0.05, 0) is 18.2 Å². The molecule has 0 aromatic heterocycles. The molecule has 19 heavy (non-hydrogen) atoms. The predicted octanol–water partition coefficient (Wildman–Crippen LogP) is 2.31. The van der Waals surface area contributed by atoms with Gasteiger partial charge in [-0.2, -0.15) is 0 Å². The largest absolute Gasteiger partial charge is 0.513 e. The summed E-state index contributed by atoms with van der Waals surface area (Å²) in [5.74, 6) is 0.0497. The standard InChI is InChI=1S/C12H15BF3O3/c1-17-10-2-3-12(11(8-10)13(14,15)16)19-9-4-6-18-7-5-9/h2-3,8-9H,4-7H2,1H3/q-1. The molecule has 1 aliphatic heterocycles. The highest BCUT2D eigenvalue weighted by molar-refractivity contribution is 6.74. The second kappa shape index (κ2) is 5.73. The lowest BCUT2D eigenvalue weighted by Crippen LogP contribution is -2.37. The molecular formula is C12H15BF3O3-. The van der Waals surface area contributed by atoms with E-state index in [-0.39, 0.29) is 17.6 Å². The van der Waals surface area contributed by atoms with Crippen molar-refractivity contribution in [2.45, 2.75) is 18.9 Å². The van der Waals surface area contributed by atoms with E-state index >= 15 is 0 Å². The summed E-state index contributed by atoms with van der Waals surface area (Å²) in [4.78, 5) is 0. The van der Waals surface area contributed by atoms with Crippen molar-refractivity contribution >= 4 is 12.4 Å². The molecule has 1 heterocycles. The Hall–Kier alpha value is -1.37. The van der Waals surface area contributed by atoms with Crippen molar-refractivity contribution in [3.8, 4) is 11.5 Å². The van der Waals surface area contributed by atoms with Crippen molar-refractivity contribution in [2.24, 2.45) is 0 Å². The molecule has 0 N–H and O–H groups in total. The fraction of sp³-hybridized carbons (Fsp3) is 0.500. The minimum Gasteiger partial charge on any atom is -0.497 e. The van der Waals surface area contributed by atoms with Crippen LogP contribution >= 0.6 is 0 Å². The molecule has 0 saturated carbocycles. The van der Waals surface area contributed by atoms with Gasteiger partial charge in [-0.15, -0.1) is 0 Å². The Labute approximate surface area is 109 Å². The van der Waals surface area contributed by atoms with Crippen LogP contribution in [0.15, 0.2) is 18.2 Å². The van der Waals surface area contributed by atoms with E-state index in [1.54, 1.807) is 0 Å². The number of hydrogen-bond donors (Lipinski definition) is 0. The van der Waals surface area contributed by atoms with E-state index in [4.69, 9.17) is 14.2 Å². The van der Waals surface area contributed by atoms with E-state index in [2.05, 4.69) is 0 Å². The molecular weight excluding hydrogens is 260 g/mol. The zero-order chi connectivity index (χ0) is 13.9. The van der Waals surface area contributed by atoms with E-state index in [9.17, 15) is 12.9 Å². The molecule has 0 amide bonds. The van der Waals surface area contributed by atoms with Crippen molar-refractivity contribution in [1.82, 2.24) is 0 Å². The third-order valence-electron chi connectivity index (χ3n) is 3.03. The molecule has 0 bridgehead atoms. The molecule has 0 aliphatic carbocycles. The maximum absolute atomic E-state index is 13.0. The maximum Gasteiger partial charge on any atom is 0.513 e. The SMILES string of the molecule is COc1ccc(OC2CCOCC2)c([B-](F)(F)F)c1. The molecule has 1 aromatic rings. The van der Waals surface area contributed by atoms with Gasteiger partial charge in [-0.3, -0.25) is 0 Å². The van der Waals surface area contributed by atoms with Gasteiger partial charge in [-0.25, -0.2) is 0 Å². The summed E-state index contributed by atoms with van der Waals surface area (Å²) < 4.78 is 54.5. The number of ether oxygens (including phenoxy) is 3. The van der Waals surface area contributed by atoms with E-state index < -0.39 is 12.4 Å². The van der Waals surface area contributed by atoms with Crippen LogP contribution in [0.4, 0.5) is 12.9 Å². The molecule has 1 fully saturated rings. The van der Waals surface area contributed by atoms with Crippen LogP contribution in [-0.4, -0.2) is 33.4 Å². The molecule has 7 heteroatoms. The third kappa shape index (κ3) is 3.56. The van der Waals surface area contributed by atoms with Crippen molar-refractivity contribution in [3.63, 3.8) is 0 Å².